The minimum absolute atomic E-state index is 0.0106. The fourth-order valence-electron chi connectivity index (χ4n) is 9.46. The molecule has 52 heavy (non-hydrogen) atoms. The Labute approximate surface area is 328 Å². The summed E-state index contributed by atoms with van der Waals surface area (Å²) in [6, 6.07) is 8.36. The predicted octanol–water partition coefficient (Wildman–Crippen LogP) is 11.7. The molecule has 1 aromatic rings. The standard InChI is InChI=1S/C43H74O6S2Si/c1-29(2)52(30(3)4,31(5)6)49-38-20-17-36(25-39(38)45-13)24-33(8)40(46-27-35-15-18-37(44-12)19-16-35)26-43(50-21-14-22-51-43)34(9)23-32(7)41-28-47-42(10,11)48-41/h15-16,18-19,23,29-31,33-34,36,38-41H,14,17,20-22,24-28H2,1-13H3/b32-23+/t33-,34-,36+,38-,39-,40+,41+/m1/s1. The van der Waals surface area contributed by atoms with Crippen LogP contribution >= 0.6 is 23.5 Å². The molecule has 1 saturated carbocycles. The van der Waals surface area contributed by atoms with Crippen molar-refractivity contribution in [2.45, 2.75) is 172 Å². The van der Waals surface area contributed by atoms with Gasteiger partial charge in [-0.25, -0.2) is 0 Å². The van der Waals surface area contributed by atoms with Crippen molar-refractivity contribution in [2.75, 3.05) is 32.3 Å². The highest BCUT2D eigenvalue weighted by Crippen LogP contribution is 2.53. The highest BCUT2D eigenvalue weighted by atomic mass is 32.2. The van der Waals surface area contributed by atoms with Crippen LogP contribution in [0.25, 0.3) is 0 Å². The lowest BCUT2D eigenvalue weighted by Gasteiger charge is -2.48. The van der Waals surface area contributed by atoms with E-state index >= 15 is 0 Å². The Morgan fingerprint density at radius 1 is 0.923 bits per heavy atom. The molecular formula is C43H74O6S2Si. The number of rotatable bonds is 18. The number of hydrogen-bond donors (Lipinski definition) is 0. The van der Waals surface area contributed by atoms with Gasteiger partial charge in [0.2, 0.25) is 8.32 Å². The van der Waals surface area contributed by atoms with Crippen LogP contribution in [0, 0.1) is 17.8 Å². The van der Waals surface area contributed by atoms with Crippen molar-refractivity contribution in [2.24, 2.45) is 17.8 Å². The van der Waals surface area contributed by atoms with Crippen molar-refractivity contribution in [3.8, 4) is 5.75 Å². The molecule has 6 nitrogen and oxygen atoms in total. The second-order valence-electron chi connectivity index (χ2n) is 17.4. The van der Waals surface area contributed by atoms with Gasteiger partial charge in [0.15, 0.2) is 5.79 Å². The van der Waals surface area contributed by atoms with Gasteiger partial charge in [-0.3, -0.25) is 0 Å². The Balaban J connectivity index is 1.53. The Hall–Kier alpha value is -0.523. The van der Waals surface area contributed by atoms with Gasteiger partial charge in [0.05, 0.1) is 42.7 Å². The van der Waals surface area contributed by atoms with Crippen LogP contribution in [0.5, 0.6) is 5.75 Å². The summed E-state index contributed by atoms with van der Waals surface area (Å²) in [6.07, 6.45) is 9.66. The molecule has 3 aliphatic rings. The number of hydrogen-bond acceptors (Lipinski definition) is 8. The Bertz CT molecular complexity index is 1220. The lowest BCUT2D eigenvalue weighted by Crippen LogP contribution is -2.53. The summed E-state index contributed by atoms with van der Waals surface area (Å²) in [5, 5.41) is 0. The highest BCUT2D eigenvalue weighted by Gasteiger charge is 2.49. The summed E-state index contributed by atoms with van der Waals surface area (Å²) in [7, 11) is 1.62. The van der Waals surface area contributed by atoms with Gasteiger partial charge in [-0.15, -0.1) is 23.5 Å². The quantitative estimate of drug-likeness (QED) is 0.108. The number of benzene rings is 1. The maximum absolute atomic E-state index is 7.34. The molecule has 0 spiro atoms. The minimum Gasteiger partial charge on any atom is -0.497 e. The van der Waals surface area contributed by atoms with E-state index in [0.717, 1.165) is 31.4 Å². The third-order valence-electron chi connectivity index (χ3n) is 12.4. The van der Waals surface area contributed by atoms with E-state index in [9.17, 15) is 0 Å². The maximum Gasteiger partial charge on any atom is 0.200 e. The first-order valence-corrected chi connectivity index (χ1v) is 24.4. The van der Waals surface area contributed by atoms with Crippen molar-refractivity contribution in [3.05, 3.63) is 41.5 Å². The molecule has 0 radical (unpaired) electrons. The highest BCUT2D eigenvalue weighted by molar-refractivity contribution is 8.18. The zero-order valence-corrected chi connectivity index (χ0v) is 37.6. The third-order valence-corrected chi connectivity index (χ3v) is 22.2. The molecule has 1 aromatic carbocycles. The molecule has 0 amide bonds. The molecular weight excluding hydrogens is 705 g/mol. The van der Waals surface area contributed by atoms with Gasteiger partial charge >= 0.3 is 0 Å². The second-order valence-corrected chi connectivity index (χ2v) is 25.9. The van der Waals surface area contributed by atoms with Crippen molar-refractivity contribution in [3.63, 3.8) is 0 Å². The van der Waals surface area contributed by atoms with Gasteiger partial charge in [-0.2, -0.15) is 0 Å². The van der Waals surface area contributed by atoms with E-state index in [1.165, 1.54) is 35.5 Å². The van der Waals surface area contributed by atoms with Gasteiger partial charge in [-0.05, 0) is 128 Å². The van der Waals surface area contributed by atoms with Gasteiger partial charge in [-0.1, -0.05) is 73.6 Å². The average Bonchev–Trinajstić information content (AvgIpc) is 3.48. The van der Waals surface area contributed by atoms with Crippen LogP contribution in [-0.2, 0) is 30.0 Å². The van der Waals surface area contributed by atoms with Crippen LogP contribution in [-0.4, -0.2) is 74.9 Å². The molecule has 4 rings (SSSR count). The second kappa shape index (κ2) is 19.6. The number of methoxy groups -OCH3 is 2. The van der Waals surface area contributed by atoms with Crippen LogP contribution in [0.1, 0.15) is 120 Å². The Morgan fingerprint density at radius 2 is 1.56 bits per heavy atom. The first-order valence-electron chi connectivity index (χ1n) is 20.3. The summed E-state index contributed by atoms with van der Waals surface area (Å²) >= 11 is 4.31. The zero-order valence-electron chi connectivity index (χ0n) is 35.0. The van der Waals surface area contributed by atoms with Crippen LogP contribution in [0.2, 0.25) is 16.6 Å². The summed E-state index contributed by atoms with van der Waals surface area (Å²) in [4.78, 5) is 0. The van der Waals surface area contributed by atoms with Crippen molar-refractivity contribution in [1.82, 2.24) is 0 Å². The molecule has 3 fully saturated rings. The molecule has 2 aliphatic heterocycles. The molecule has 7 atom stereocenters. The normalized spacial score (nSPS) is 27.3. The summed E-state index contributed by atoms with van der Waals surface area (Å²) < 4.78 is 38.4. The lowest BCUT2D eigenvalue weighted by molar-refractivity contribution is -0.134. The molecule has 0 unspecified atom stereocenters. The molecule has 2 heterocycles. The summed E-state index contributed by atoms with van der Waals surface area (Å²) in [5.74, 6) is 4.07. The van der Waals surface area contributed by atoms with Crippen LogP contribution in [0.4, 0.5) is 0 Å². The van der Waals surface area contributed by atoms with E-state index in [-0.39, 0.29) is 28.5 Å². The molecule has 1 aliphatic carbocycles. The zero-order chi connectivity index (χ0) is 38.3. The number of ether oxygens (including phenoxy) is 5. The van der Waals surface area contributed by atoms with Gasteiger partial charge in [0, 0.05) is 7.11 Å². The smallest absolute Gasteiger partial charge is 0.200 e. The topological polar surface area (TPSA) is 55.4 Å². The fraction of sp³-hybridized carbons (Fsp3) is 0.814. The largest absolute Gasteiger partial charge is 0.497 e. The van der Waals surface area contributed by atoms with Crippen LogP contribution in [0.3, 0.4) is 0 Å². The van der Waals surface area contributed by atoms with E-state index in [4.69, 9.17) is 28.1 Å². The molecule has 9 heteroatoms. The molecule has 0 aromatic heterocycles. The summed E-state index contributed by atoms with van der Waals surface area (Å²) in [5.41, 5.74) is 4.17. The van der Waals surface area contributed by atoms with Gasteiger partial charge in [0.25, 0.3) is 0 Å². The van der Waals surface area contributed by atoms with E-state index in [1.807, 2.05) is 33.1 Å². The molecule has 0 bridgehead atoms. The number of thioether (sulfide) groups is 2. The van der Waals surface area contributed by atoms with E-state index in [2.05, 4.69) is 104 Å². The van der Waals surface area contributed by atoms with E-state index < -0.39 is 14.1 Å². The van der Waals surface area contributed by atoms with Crippen molar-refractivity contribution < 1.29 is 28.1 Å². The fourth-order valence-corrected chi connectivity index (χ4v) is 18.6. The predicted molar refractivity (Wildman–Crippen MR) is 224 cm³/mol. The first-order chi connectivity index (χ1) is 24.6. The van der Waals surface area contributed by atoms with Crippen LogP contribution < -0.4 is 4.74 Å². The Morgan fingerprint density at radius 3 is 2.10 bits per heavy atom. The summed E-state index contributed by atoms with van der Waals surface area (Å²) in [6.45, 7) is 26.6. The van der Waals surface area contributed by atoms with Crippen LogP contribution in [0.15, 0.2) is 35.9 Å². The first kappa shape index (κ1) is 44.2. The lowest BCUT2D eigenvalue weighted by atomic mass is 9.78. The molecule has 2 saturated heterocycles. The maximum atomic E-state index is 7.34. The van der Waals surface area contributed by atoms with E-state index in [0.29, 0.717) is 47.6 Å². The van der Waals surface area contributed by atoms with Crippen molar-refractivity contribution in [1.29, 1.82) is 0 Å². The van der Waals surface area contributed by atoms with Gasteiger partial charge < -0.3 is 28.1 Å². The monoisotopic (exact) mass is 778 g/mol. The minimum atomic E-state index is -2.00. The number of allylic oxidation sites excluding steroid dienone is 1. The van der Waals surface area contributed by atoms with Crippen molar-refractivity contribution >= 4 is 31.8 Å². The molecule has 298 valence electrons. The molecule has 0 N–H and O–H groups in total. The van der Waals surface area contributed by atoms with E-state index in [1.54, 1.807) is 7.11 Å². The van der Waals surface area contributed by atoms with Gasteiger partial charge in [0.1, 0.15) is 11.9 Å². The Kier molecular flexibility index (Phi) is 16.6. The average molecular weight is 779 g/mol. The SMILES string of the molecule is COc1ccc(CO[C@@H](CC2([C@H](C)/C=C(\C)[C@@H]3COC(C)(C)O3)SCCCS2)[C@H](C)C[C@@H]2CC[C@@H](O[Si](C(C)C)(C(C)C)C(C)C)[C@H](OC)C2)cc1. The third kappa shape index (κ3) is 11.1.